The van der Waals surface area contributed by atoms with Crippen LogP contribution in [0.3, 0.4) is 0 Å². The Bertz CT molecular complexity index is 367. The molecule has 5 nitrogen and oxygen atoms in total. The van der Waals surface area contributed by atoms with Crippen LogP contribution in [-0.4, -0.2) is 33.3 Å². The van der Waals surface area contributed by atoms with E-state index in [9.17, 15) is 4.79 Å². The Kier molecular flexibility index (Phi) is 4.90. The van der Waals surface area contributed by atoms with Gasteiger partial charge in [-0.25, -0.2) is 0 Å². The average molecular weight is 252 g/mol. The van der Waals surface area contributed by atoms with Crippen molar-refractivity contribution in [3.8, 4) is 0 Å². The molecule has 102 valence electrons. The van der Waals surface area contributed by atoms with Gasteiger partial charge in [0, 0.05) is 24.0 Å². The number of carbonyl (C=O) groups is 1. The highest BCUT2D eigenvalue weighted by molar-refractivity contribution is 5.81. The van der Waals surface area contributed by atoms with Crippen LogP contribution in [0.5, 0.6) is 0 Å². The lowest BCUT2D eigenvalue weighted by atomic mass is 10.1. The highest BCUT2D eigenvalue weighted by Crippen LogP contribution is 2.00. The highest BCUT2D eigenvalue weighted by atomic mass is 16.2. The van der Waals surface area contributed by atoms with Crippen molar-refractivity contribution in [1.29, 1.82) is 0 Å². The SMILES string of the molecule is CC(Cn1cccn1)NC(C)C(=O)NC(C)(C)C. The van der Waals surface area contributed by atoms with E-state index in [1.54, 1.807) is 6.20 Å². The van der Waals surface area contributed by atoms with Crippen LogP contribution in [0.4, 0.5) is 0 Å². The van der Waals surface area contributed by atoms with Gasteiger partial charge in [0.15, 0.2) is 0 Å². The Morgan fingerprint density at radius 3 is 2.56 bits per heavy atom. The van der Waals surface area contributed by atoms with Crippen LogP contribution in [0.1, 0.15) is 34.6 Å². The van der Waals surface area contributed by atoms with Crippen molar-refractivity contribution in [2.24, 2.45) is 0 Å². The van der Waals surface area contributed by atoms with E-state index in [1.165, 1.54) is 0 Å². The molecule has 0 saturated carbocycles. The molecule has 2 atom stereocenters. The molecule has 0 aliphatic carbocycles. The van der Waals surface area contributed by atoms with E-state index in [-0.39, 0.29) is 23.5 Å². The Balaban J connectivity index is 2.39. The first-order valence-corrected chi connectivity index (χ1v) is 6.33. The normalized spacial score (nSPS) is 15.2. The Labute approximate surface area is 109 Å². The van der Waals surface area contributed by atoms with Gasteiger partial charge in [-0.15, -0.1) is 0 Å². The zero-order chi connectivity index (χ0) is 13.8. The molecule has 0 fully saturated rings. The van der Waals surface area contributed by atoms with E-state index in [0.717, 1.165) is 6.54 Å². The summed E-state index contributed by atoms with van der Waals surface area (Å²) in [6.07, 6.45) is 3.67. The molecule has 1 rings (SSSR count). The molecule has 0 aliphatic rings. The molecular weight excluding hydrogens is 228 g/mol. The first-order chi connectivity index (χ1) is 8.28. The van der Waals surface area contributed by atoms with Crippen LogP contribution in [0, 0.1) is 0 Å². The van der Waals surface area contributed by atoms with Gasteiger partial charge in [0.25, 0.3) is 0 Å². The summed E-state index contributed by atoms with van der Waals surface area (Å²) < 4.78 is 1.85. The number of nitrogens with one attached hydrogen (secondary N) is 2. The van der Waals surface area contributed by atoms with Crippen LogP contribution >= 0.6 is 0 Å². The largest absolute Gasteiger partial charge is 0.350 e. The van der Waals surface area contributed by atoms with Gasteiger partial charge in [0.1, 0.15) is 0 Å². The number of hydrogen-bond donors (Lipinski definition) is 2. The Hall–Kier alpha value is -1.36. The van der Waals surface area contributed by atoms with Gasteiger partial charge in [-0.1, -0.05) is 0 Å². The van der Waals surface area contributed by atoms with Gasteiger partial charge in [-0.2, -0.15) is 5.10 Å². The maximum atomic E-state index is 11.9. The maximum Gasteiger partial charge on any atom is 0.237 e. The van der Waals surface area contributed by atoms with Gasteiger partial charge < -0.3 is 10.6 Å². The van der Waals surface area contributed by atoms with Crippen molar-refractivity contribution in [2.45, 2.75) is 58.8 Å². The van der Waals surface area contributed by atoms with Crippen molar-refractivity contribution >= 4 is 5.91 Å². The topological polar surface area (TPSA) is 59.0 Å². The van der Waals surface area contributed by atoms with Gasteiger partial charge in [0.05, 0.1) is 12.6 Å². The Morgan fingerprint density at radius 1 is 1.39 bits per heavy atom. The molecule has 0 bridgehead atoms. The summed E-state index contributed by atoms with van der Waals surface area (Å²) in [7, 11) is 0. The van der Waals surface area contributed by atoms with E-state index < -0.39 is 0 Å². The molecule has 1 heterocycles. The molecular formula is C13H24N4O. The maximum absolute atomic E-state index is 11.9. The predicted octanol–water partition coefficient (Wildman–Crippen LogP) is 1.16. The minimum Gasteiger partial charge on any atom is -0.350 e. The lowest BCUT2D eigenvalue weighted by Crippen LogP contribution is -2.51. The molecule has 5 heteroatoms. The quantitative estimate of drug-likeness (QED) is 0.827. The molecule has 2 N–H and O–H groups in total. The minimum absolute atomic E-state index is 0.0230. The van der Waals surface area contributed by atoms with E-state index >= 15 is 0 Å². The van der Waals surface area contributed by atoms with Crippen LogP contribution in [0.2, 0.25) is 0 Å². The summed E-state index contributed by atoms with van der Waals surface area (Å²) in [5, 5.41) is 10.4. The summed E-state index contributed by atoms with van der Waals surface area (Å²) in [5.74, 6) is 0.0230. The van der Waals surface area contributed by atoms with Gasteiger partial charge >= 0.3 is 0 Å². The van der Waals surface area contributed by atoms with Crippen LogP contribution < -0.4 is 10.6 Å². The van der Waals surface area contributed by atoms with Crippen molar-refractivity contribution in [3.05, 3.63) is 18.5 Å². The Morgan fingerprint density at radius 2 is 2.06 bits per heavy atom. The summed E-state index contributed by atoms with van der Waals surface area (Å²) in [4.78, 5) is 11.9. The number of carbonyl (C=O) groups excluding carboxylic acids is 1. The number of hydrogen-bond acceptors (Lipinski definition) is 3. The minimum atomic E-state index is -0.213. The van der Waals surface area contributed by atoms with Gasteiger partial charge in [-0.05, 0) is 40.7 Å². The van der Waals surface area contributed by atoms with Gasteiger partial charge in [-0.3, -0.25) is 9.48 Å². The van der Waals surface area contributed by atoms with E-state index in [4.69, 9.17) is 0 Å². The third kappa shape index (κ3) is 5.31. The highest BCUT2D eigenvalue weighted by Gasteiger charge is 2.20. The fourth-order valence-electron chi connectivity index (χ4n) is 1.72. The lowest BCUT2D eigenvalue weighted by Gasteiger charge is -2.25. The average Bonchev–Trinajstić information content (AvgIpc) is 2.67. The zero-order valence-electron chi connectivity index (χ0n) is 11.9. The number of aromatic nitrogens is 2. The van der Waals surface area contributed by atoms with E-state index in [0.29, 0.717) is 0 Å². The fourth-order valence-corrected chi connectivity index (χ4v) is 1.72. The van der Waals surface area contributed by atoms with E-state index in [2.05, 4.69) is 15.7 Å². The molecule has 0 spiro atoms. The summed E-state index contributed by atoms with van der Waals surface area (Å²) in [6.45, 7) is 10.6. The molecule has 1 aromatic rings. The molecule has 0 aliphatic heterocycles. The second kappa shape index (κ2) is 6.00. The fraction of sp³-hybridized carbons (Fsp3) is 0.692. The third-order valence-corrected chi connectivity index (χ3v) is 2.45. The number of nitrogens with zero attached hydrogens (tertiary/aromatic N) is 2. The summed E-state index contributed by atoms with van der Waals surface area (Å²) in [6, 6.07) is 1.86. The summed E-state index contributed by atoms with van der Waals surface area (Å²) in [5.41, 5.74) is -0.196. The zero-order valence-corrected chi connectivity index (χ0v) is 11.9. The van der Waals surface area contributed by atoms with Crippen molar-refractivity contribution in [2.75, 3.05) is 0 Å². The van der Waals surface area contributed by atoms with Crippen LogP contribution in [-0.2, 0) is 11.3 Å². The lowest BCUT2D eigenvalue weighted by molar-refractivity contribution is -0.124. The molecule has 18 heavy (non-hydrogen) atoms. The standard InChI is InChI=1S/C13H24N4O/c1-10(9-17-8-6-7-14-17)15-11(2)12(18)16-13(3,4)5/h6-8,10-11,15H,9H2,1-5H3,(H,16,18). The monoisotopic (exact) mass is 252 g/mol. The molecule has 0 radical (unpaired) electrons. The van der Waals surface area contributed by atoms with Crippen molar-refractivity contribution in [1.82, 2.24) is 20.4 Å². The third-order valence-electron chi connectivity index (χ3n) is 2.45. The first kappa shape index (κ1) is 14.7. The number of amides is 1. The van der Waals surface area contributed by atoms with Gasteiger partial charge in [0.2, 0.25) is 5.91 Å². The molecule has 1 aromatic heterocycles. The van der Waals surface area contributed by atoms with Crippen molar-refractivity contribution in [3.63, 3.8) is 0 Å². The molecule has 0 saturated heterocycles. The van der Waals surface area contributed by atoms with Crippen molar-refractivity contribution < 1.29 is 4.79 Å². The molecule has 2 unspecified atom stereocenters. The first-order valence-electron chi connectivity index (χ1n) is 6.33. The molecule has 1 amide bonds. The summed E-state index contributed by atoms with van der Waals surface area (Å²) >= 11 is 0. The number of rotatable bonds is 5. The second-order valence-electron chi connectivity index (χ2n) is 5.76. The smallest absolute Gasteiger partial charge is 0.237 e. The van der Waals surface area contributed by atoms with E-state index in [1.807, 2.05) is 51.6 Å². The second-order valence-corrected chi connectivity index (χ2v) is 5.76. The predicted molar refractivity (Wildman–Crippen MR) is 72.2 cm³/mol. The van der Waals surface area contributed by atoms with Crippen LogP contribution in [0.25, 0.3) is 0 Å². The molecule has 0 aromatic carbocycles. The van der Waals surface area contributed by atoms with Crippen LogP contribution in [0.15, 0.2) is 18.5 Å².